The van der Waals surface area contributed by atoms with Crippen molar-refractivity contribution in [3.05, 3.63) is 65.3 Å². The van der Waals surface area contributed by atoms with Gasteiger partial charge < -0.3 is 10.4 Å². The Morgan fingerprint density at radius 3 is 2.54 bits per heavy atom. The highest BCUT2D eigenvalue weighted by Gasteiger charge is 2.28. The number of fused-ring (bicyclic) bond motifs is 1. The van der Waals surface area contributed by atoms with Crippen LogP contribution in [-0.4, -0.2) is 21.0 Å². The van der Waals surface area contributed by atoms with Crippen LogP contribution < -0.4 is 5.32 Å². The van der Waals surface area contributed by atoms with Crippen LogP contribution in [0.1, 0.15) is 12.8 Å². The Bertz CT molecular complexity index is 1060. The van der Waals surface area contributed by atoms with Gasteiger partial charge in [-0.3, -0.25) is 4.79 Å². The molecule has 3 aromatic rings. The number of hydrogen-bond acceptors (Lipinski definition) is 4. The second-order valence-electron chi connectivity index (χ2n) is 6.13. The predicted octanol–water partition coefficient (Wildman–Crippen LogP) is 5.78. The summed E-state index contributed by atoms with van der Waals surface area (Å²) in [4.78, 5) is 17.9. The highest BCUT2D eigenvalue weighted by atomic mass is 35.5. The Hall–Kier alpha value is -2.70. The van der Waals surface area contributed by atoms with Crippen LogP contribution in [0.25, 0.3) is 22.0 Å². The summed E-state index contributed by atoms with van der Waals surface area (Å²) in [6, 6.07) is 8.26. The number of nitrogens with zero attached hydrogens (tertiary/aromatic N) is 2. The fraction of sp³-hybridized carbons (Fsp3) is 0.150. The molecule has 0 atom stereocenters. The number of carboxylic acids is 1. The standard InChI is InChI=1S/C16H10Cl2FN3.C4H6O2/c1-2-20-16-14-10(9-3-5-11(17)12(18)7-9)4-6-13(19)15(14)21-8-22-16;5-4(6)3-1-2-3/h2-8H,1H2,(H,20,21,22);3H,1-2H2,(H,5,6). The molecule has 2 aromatic carbocycles. The molecule has 8 heteroatoms. The monoisotopic (exact) mass is 419 g/mol. The first-order chi connectivity index (χ1) is 13.4. The van der Waals surface area contributed by atoms with Crippen LogP contribution in [0, 0.1) is 11.7 Å². The SMILES string of the molecule is C=CNc1ncnc2c(F)ccc(-c3ccc(Cl)c(Cl)c3)c12.O=C(O)C1CC1. The summed E-state index contributed by atoms with van der Waals surface area (Å²) in [6.45, 7) is 3.61. The Morgan fingerprint density at radius 2 is 1.96 bits per heavy atom. The molecule has 1 saturated carbocycles. The van der Waals surface area contributed by atoms with Crippen molar-refractivity contribution in [2.45, 2.75) is 12.8 Å². The third-order valence-corrected chi connectivity index (χ3v) is 4.87. The molecule has 144 valence electrons. The zero-order valence-corrected chi connectivity index (χ0v) is 16.1. The molecule has 1 heterocycles. The minimum atomic E-state index is -0.630. The van der Waals surface area contributed by atoms with E-state index in [4.69, 9.17) is 28.3 Å². The topological polar surface area (TPSA) is 75.1 Å². The van der Waals surface area contributed by atoms with Crippen LogP contribution in [0.5, 0.6) is 0 Å². The molecule has 4 rings (SSSR count). The molecule has 0 aliphatic heterocycles. The normalized spacial score (nSPS) is 12.8. The first-order valence-corrected chi connectivity index (χ1v) is 9.17. The van der Waals surface area contributed by atoms with E-state index in [1.54, 1.807) is 18.2 Å². The molecule has 0 spiro atoms. The van der Waals surface area contributed by atoms with E-state index >= 15 is 0 Å². The van der Waals surface area contributed by atoms with Gasteiger partial charge in [-0.25, -0.2) is 14.4 Å². The number of rotatable bonds is 4. The van der Waals surface area contributed by atoms with Crippen LogP contribution in [0.4, 0.5) is 10.2 Å². The molecule has 1 aliphatic rings. The van der Waals surface area contributed by atoms with Crippen LogP contribution in [0.3, 0.4) is 0 Å². The number of aliphatic carboxylic acids is 1. The van der Waals surface area contributed by atoms with Crippen LogP contribution >= 0.6 is 23.2 Å². The van der Waals surface area contributed by atoms with Gasteiger partial charge in [-0.15, -0.1) is 0 Å². The fourth-order valence-corrected chi connectivity index (χ4v) is 2.88. The second kappa shape index (κ2) is 8.54. The number of carbonyl (C=O) groups is 1. The maximum absolute atomic E-state index is 14.1. The van der Waals surface area contributed by atoms with Gasteiger partial charge >= 0.3 is 5.97 Å². The average molecular weight is 420 g/mol. The number of benzene rings is 2. The van der Waals surface area contributed by atoms with E-state index in [0.29, 0.717) is 21.2 Å². The third-order valence-electron chi connectivity index (χ3n) is 4.14. The Balaban J connectivity index is 0.000000320. The highest BCUT2D eigenvalue weighted by Crippen LogP contribution is 2.35. The highest BCUT2D eigenvalue weighted by molar-refractivity contribution is 6.42. The second-order valence-corrected chi connectivity index (χ2v) is 6.95. The van der Waals surface area contributed by atoms with Crippen molar-refractivity contribution in [1.29, 1.82) is 0 Å². The zero-order valence-electron chi connectivity index (χ0n) is 14.6. The minimum absolute atomic E-state index is 0.0185. The lowest BCUT2D eigenvalue weighted by atomic mass is 10.0. The predicted molar refractivity (Wildman–Crippen MR) is 109 cm³/mol. The van der Waals surface area contributed by atoms with E-state index in [-0.39, 0.29) is 11.4 Å². The van der Waals surface area contributed by atoms with Crippen molar-refractivity contribution in [3.63, 3.8) is 0 Å². The molecular weight excluding hydrogens is 404 g/mol. The Kier molecular flexibility index (Phi) is 6.11. The number of aromatic nitrogens is 2. The first-order valence-electron chi connectivity index (χ1n) is 8.41. The van der Waals surface area contributed by atoms with Gasteiger partial charge in [-0.2, -0.15) is 0 Å². The van der Waals surface area contributed by atoms with E-state index in [1.807, 2.05) is 6.07 Å². The van der Waals surface area contributed by atoms with Gasteiger partial charge in [0, 0.05) is 0 Å². The van der Waals surface area contributed by atoms with Crippen molar-refractivity contribution in [3.8, 4) is 11.1 Å². The van der Waals surface area contributed by atoms with E-state index in [9.17, 15) is 9.18 Å². The van der Waals surface area contributed by atoms with Crippen LogP contribution in [0.15, 0.2) is 49.4 Å². The minimum Gasteiger partial charge on any atom is -0.481 e. The number of anilines is 1. The maximum Gasteiger partial charge on any atom is 0.306 e. The first kappa shape index (κ1) is 20.0. The molecule has 28 heavy (non-hydrogen) atoms. The van der Waals surface area contributed by atoms with Gasteiger partial charge in [0.05, 0.1) is 21.3 Å². The number of halogens is 3. The molecule has 2 N–H and O–H groups in total. The molecular formula is C20H16Cl2FN3O2. The van der Waals surface area contributed by atoms with Gasteiger partial charge in [0.15, 0.2) is 0 Å². The lowest BCUT2D eigenvalue weighted by molar-refractivity contribution is -0.138. The summed E-state index contributed by atoms with van der Waals surface area (Å²) in [6.07, 6.45) is 4.58. The summed E-state index contributed by atoms with van der Waals surface area (Å²) in [5, 5.41) is 12.4. The van der Waals surface area contributed by atoms with Gasteiger partial charge in [-0.1, -0.05) is 41.9 Å². The average Bonchev–Trinajstić information content (AvgIpc) is 3.51. The number of hydrogen-bond donors (Lipinski definition) is 2. The van der Waals surface area contributed by atoms with E-state index in [1.165, 1.54) is 18.6 Å². The lowest BCUT2D eigenvalue weighted by Crippen LogP contribution is -1.97. The molecule has 1 aliphatic carbocycles. The molecule has 0 radical (unpaired) electrons. The smallest absolute Gasteiger partial charge is 0.306 e. The lowest BCUT2D eigenvalue weighted by Gasteiger charge is -2.11. The van der Waals surface area contributed by atoms with E-state index in [2.05, 4.69) is 21.9 Å². The van der Waals surface area contributed by atoms with Gasteiger partial charge in [0.25, 0.3) is 0 Å². The fourth-order valence-electron chi connectivity index (χ4n) is 2.58. The van der Waals surface area contributed by atoms with Crippen molar-refractivity contribution < 1.29 is 14.3 Å². The van der Waals surface area contributed by atoms with Crippen molar-refractivity contribution in [2.75, 3.05) is 5.32 Å². The quantitative estimate of drug-likeness (QED) is 0.560. The van der Waals surface area contributed by atoms with Crippen LogP contribution in [-0.2, 0) is 4.79 Å². The van der Waals surface area contributed by atoms with Crippen molar-refractivity contribution in [1.82, 2.24) is 9.97 Å². The molecule has 1 fully saturated rings. The van der Waals surface area contributed by atoms with Crippen LogP contribution in [0.2, 0.25) is 10.0 Å². The molecule has 0 unspecified atom stereocenters. The molecule has 0 bridgehead atoms. The number of nitrogens with one attached hydrogen (secondary N) is 1. The number of carboxylic acid groups (broad SMARTS) is 1. The maximum atomic E-state index is 14.1. The van der Waals surface area contributed by atoms with E-state index < -0.39 is 11.8 Å². The summed E-state index contributed by atoms with van der Waals surface area (Å²) >= 11 is 12.0. The molecule has 1 aromatic heterocycles. The molecule has 0 amide bonds. The molecule has 5 nitrogen and oxygen atoms in total. The molecule has 0 saturated heterocycles. The summed E-state index contributed by atoms with van der Waals surface area (Å²) in [5.74, 6) is -0.561. The van der Waals surface area contributed by atoms with Gasteiger partial charge in [0.1, 0.15) is 23.5 Å². The Morgan fingerprint density at radius 1 is 1.21 bits per heavy atom. The van der Waals surface area contributed by atoms with Gasteiger partial charge in [0.2, 0.25) is 0 Å². The van der Waals surface area contributed by atoms with E-state index in [0.717, 1.165) is 24.0 Å². The Labute approximate surface area is 170 Å². The van der Waals surface area contributed by atoms with Crippen molar-refractivity contribution >= 4 is 45.9 Å². The summed E-state index contributed by atoms with van der Waals surface area (Å²) in [5.41, 5.74) is 1.77. The van der Waals surface area contributed by atoms with Crippen molar-refractivity contribution in [2.24, 2.45) is 5.92 Å². The zero-order chi connectivity index (χ0) is 20.3. The third kappa shape index (κ3) is 4.40. The largest absolute Gasteiger partial charge is 0.481 e. The summed E-state index contributed by atoms with van der Waals surface area (Å²) < 4.78 is 14.1. The summed E-state index contributed by atoms with van der Waals surface area (Å²) in [7, 11) is 0. The van der Waals surface area contributed by atoms with Gasteiger partial charge in [-0.05, 0) is 48.4 Å².